The summed E-state index contributed by atoms with van der Waals surface area (Å²) in [5, 5.41) is 10.1. The quantitative estimate of drug-likeness (QED) is 0.787. The number of hydrogen-bond acceptors (Lipinski definition) is 5. The van der Waals surface area contributed by atoms with Crippen molar-refractivity contribution in [2.24, 2.45) is 0 Å². The van der Waals surface area contributed by atoms with Crippen LogP contribution in [0.5, 0.6) is 0 Å². The van der Waals surface area contributed by atoms with E-state index in [9.17, 15) is 9.59 Å². The second-order valence-corrected chi connectivity index (χ2v) is 7.75. The minimum Gasteiger partial charge on any atom is -0.376 e. The topological polar surface area (TPSA) is 85.2 Å². The van der Waals surface area contributed by atoms with Gasteiger partial charge < -0.3 is 15.4 Å². The van der Waals surface area contributed by atoms with Crippen molar-refractivity contribution in [2.75, 3.05) is 18.5 Å². The summed E-state index contributed by atoms with van der Waals surface area (Å²) >= 11 is 1.75. The van der Waals surface area contributed by atoms with Gasteiger partial charge in [0, 0.05) is 30.2 Å². The highest BCUT2D eigenvalue weighted by Gasteiger charge is 2.27. The maximum absolute atomic E-state index is 12.5. The number of fused-ring (bicyclic) bond motifs is 1. The van der Waals surface area contributed by atoms with Crippen LogP contribution >= 0.6 is 11.8 Å². The third kappa shape index (κ3) is 3.72. The van der Waals surface area contributed by atoms with Gasteiger partial charge in [-0.3, -0.25) is 9.59 Å². The Hall–Kier alpha value is -2.32. The van der Waals surface area contributed by atoms with E-state index >= 15 is 0 Å². The third-order valence-corrected chi connectivity index (χ3v) is 5.82. The van der Waals surface area contributed by atoms with Crippen LogP contribution in [0, 0.1) is 6.92 Å². The van der Waals surface area contributed by atoms with Gasteiger partial charge in [-0.1, -0.05) is 18.2 Å². The Bertz CT molecular complexity index is 874. The van der Waals surface area contributed by atoms with Crippen molar-refractivity contribution in [1.29, 1.82) is 0 Å². The molecule has 1 fully saturated rings. The molecule has 1 aromatic heterocycles. The molecule has 4 rings (SSSR count). The second kappa shape index (κ2) is 7.74. The molecule has 3 heterocycles. The molecule has 27 heavy (non-hydrogen) atoms. The zero-order chi connectivity index (χ0) is 18.8. The van der Waals surface area contributed by atoms with Crippen LogP contribution in [0.2, 0.25) is 0 Å². The third-order valence-electron chi connectivity index (χ3n) is 4.85. The molecule has 7 nitrogen and oxygen atoms in total. The number of anilines is 1. The van der Waals surface area contributed by atoms with Crippen LogP contribution in [-0.4, -0.2) is 40.9 Å². The molecule has 0 radical (unpaired) electrons. The Morgan fingerprint density at radius 1 is 1.30 bits per heavy atom. The fraction of sp³-hybridized carbons (Fsp3) is 0.421. The Labute approximate surface area is 161 Å². The van der Waals surface area contributed by atoms with Crippen molar-refractivity contribution in [3.63, 3.8) is 0 Å². The van der Waals surface area contributed by atoms with E-state index < -0.39 is 11.8 Å². The van der Waals surface area contributed by atoms with E-state index in [1.54, 1.807) is 16.4 Å². The van der Waals surface area contributed by atoms with Gasteiger partial charge in [0.1, 0.15) is 5.82 Å². The number of carbonyl (C=O) groups is 2. The van der Waals surface area contributed by atoms with Gasteiger partial charge in [-0.2, -0.15) is 16.9 Å². The summed E-state index contributed by atoms with van der Waals surface area (Å²) < 4.78 is 7.22. The monoisotopic (exact) mass is 386 g/mol. The van der Waals surface area contributed by atoms with Crippen molar-refractivity contribution < 1.29 is 14.3 Å². The minimum absolute atomic E-state index is 0.0000986. The molecule has 142 valence electrons. The molecule has 0 bridgehead atoms. The van der Waals surface area contributed by atoms with Gasteiger partial charge in [0.15, 0.2) is 0 Å². The first-order valence-electron chi connectivity index (χ1n) is 9.09. The molecule has 2 aliphatic rings. The molecule has 8 heteroatoms. The molecule has 2 N–H and O–H groups in total. The Morgan fingerprint density at radius 3 is 2.93 bits per heavy atom. The van der Waals surface area contributed by atoms with E-state index in [-0.39, 0.29) is 6.10 Å². The minimum atomic E-state index is -0.678. The Balaban J connectivity index is 1.53. The van der Waals surface area contributed by atoms with Gasteiger partial charge in [-0.05, 0) is 31.4 Å². The van der Waals surface area contributed by atoms with Crippen molar-refractivity contribution in [3.05, 3.63) is 41.1 Å². The molecule has 2 amide bonds. The number of nitrogens with one attached hydrogen (secondary N) is 2. The summed E-state index contributed by atoms with van der Waals surface area (Å²) in [6.45, 7) is 3.07. The van der Waals surface area contributed by atoms with Gasteiger partial charge in [-0.15, -0.1) is 0 Å². The standard InChI is InChI=1S/C19H22N4O3S/c1-12-5-2-3-7-16(12)23-17(14-10-27-11-15(14)22-23)21-19(25)18(24)20-9-13-6-4-8-26-13/h2-3,5,7,13H,4,6,8-11H2,1H3,(H,20,24)(H,21,25)/t13-/m1/s1. The number of hydrogen-bond donors (Lipinski definition) is 2. The zero-order valence-corrected chi connectivity index (χ0v) is 16.0. The van der Waals surface area contributed by atoms with E-state index in [1.165, 1.54) is 0 Å². The van der Waals surface area contributed by atoms with Gasteiger partial charge >= 0.3 is 11.8 Å². The largest absolute Gasteiger partial charge is 0.376 e. The predicted molar refractivity (Wildman–Crippen MR) is 104 cm³/mol. The number of nitrogens with zero attached hydrogens (tertiary/aromatic N) is 2. The number of rotatable bonds is 4. The maximum atomic E-state index is 12.5. The SMILES string of the molecule is Cc1ccccc1-n1nc2c(c1NC(=O)C(=O)NC[C@H]1CCCO1)CSC2. The number of ether oxygens (including phenoxy) is 1. The summed E-state index contributed by atoms with van der Waals surface area (Å²) in [7, 11) is 0. The van der Waals surface area contributed by atoms with E-state index in [0.717, 1.165) is 46.9 Å². The molecule has 1 atom stereocenters. The molecule has 0 unspecified atom stereocenters. The summed E-state index contributed by atoms with van der Waals surface area (Å²) in [6, 6.07) is 7.85. The first-order chi connectivity index (χ1) is 13.1. The van der Waals surface area contributed by atoms with Crippen molar-refractivity contribution >= 4 is 29.4 Å². The predicted octanol–water partition coefficient (Wildman–Crippen LogP) is 2.16. The van der Waals surface area contributed by atoms with E-state index in [2.05, 4.69) is 15.7 Å². The lowest BCUT2D eigenvalue weighted by Crippen LogP contribution is -2.39. The van der Waals surface area contributed by atoms with Crippen LogP contribution in [0.1, 0.15) is 29.7 Å². The van der Waals surface area contributed by atoms with Crippen LogP contribution in [0.25, 0.3) is 5.69 Å². The van der Waals surface area contributed by atoms with Gasteiger partial charge in [0.25, 0.3) is 0 Å². The average Bonchev–Trinajstić information content (AvgIpc) is 3.39. The molecule has 1 saturated heterocycles. The lowest BCUT2D eigenvalue weighted by atomic mass is 10.2. The molecule has 0 aliphatic carbocycles. The summed E-state index contributed by atoms with van der Waals surface area (Å²) in [5.74, 6) is 0.836. The van der Waals surface area contributed by atoms with Crippen LogP contribution < -0.4 is 10.6 Å². The zero-order valence-electron chi connectivity index (χ0n) is 15.2. The van der Waals surface area contributed by atoms with Gasteiger partial charge in [0.2, 0.25) is 0 Å². The van der Waals surface area contributed by atoms with Crippen molar-refractivity contribution in [1.82, 2.24) is 15.1 Å². The van der Waals surface area contributed by atoms with Crippen LogP contribution in [-0.2, 0) is 25.8 Å². The fourth-order valence-electron chi connectivity index (χ4n) is 3.37. The lowest BCUT2D eigenvalue weighted by Gasteiger charge is -2.13. The first kappa shape index (κ1) is 18.1. The number of amides is 2. The Morgan fingerprint density at radius 2 is 2.15 bits per heavy atom. The summed E-state index contributed by atoms with van der Waals surface area (Å²) in [6.07, 6.45) is 1.90. The molecular weight excluding hydrogens is 364 g/mol. The number of aromatic nitrogens is 2. The highest BCUT2D eigenvalue weighted by molar-refractivity contribution is 7.98. The van der Waals surface area contributed by atoms with Gasteiger partial charge in [0.05, 0.1) is 17.5 Å². The smallest absolute Gasteiger partial charge is 0.314 e. The van der Waals surface area contributed by atoms with E-state index in [4.69, 9.17) is 4.74 Å². The molecular formula is C19H22N4O3S. The normalized spacial score (nSPS) is 18.3. The van der Waals surface area contributed by atoms with Crippen molar-refractivity contribution in [3.8, 4) is 5.69 Å². The van der Waals surface area contributed by atoms with E-state index in [0.29, 0.717) is 19.0 Å². The van der Waals surface area contributed by atoms with E-state index in [1.807, 2.05) is 31.2 Å². The number of benzene rings is 1. The molecule has 1 aromatic carbocycles. The first-order valence-corrected chi connectivity index (χ1v) is 10.2. The molecule has 0 saturated carbocycles. The fourth-order valence-corrected chi connectivity index (χ4v) is 4.41. The van der Waals surface area contributed by atoms with Crippen LogP contribution in [0.3, 0.4) is 0 Å². The highest BCUT2D eigenvalue weighted by atomic mass is 32.2. The van der Waals surface area contributed by atoms with Crippen molar-refractivity contribution in [2.45, 2.75) is 37.4 Å². The molecule has 0 spiro atoms. The highest BCUT2D eigenvalue weighted by Crippen LogP contribution is 2.36. The number of carbonyl (C=O) groups excluding carboxylic acids is 2. The maximum Gasteiger partial charge on any atom is 0.314 e. The lowest BCUT2D eigenvalue weighted by molar-refractivity contribution is -0.136. The summed E-state index contributed by atoms with van der Waals surface area (Å²) in [4.78, 5) is 24.7. The van der Waals surface area contributed by atoms with Gasteiger partial charge in [-0.25, -0.2) is 4.68 Å². The number of aryl methyl sites for hydroxylation is 1. The molecule has 2 aromatic rings. The average molecular weight is 386 g/mol. The number of thioether (sulfide) groups is 1. The molecule has 2 aliphatic heterocycles. The Kier molecular flexibility index (Phi) is 5.18. The van der Waals surface area contributed by atoms with Crippen LogP contribution in [0.4, 0.5) is 5.82 Å². The van der Waals surface area contributed by atoms with Crippen LogP contribution in [0.15, 0.2) is 24.3 Å². The summed E-state index contributed by atoms with van der Waals surface area (Å²) in [5.41, 5.74) is 3.89. The second-order valence-electron chi connectivity index (χ2n) is 6.76. The number of para-hydroxylation sites is 1.